The van der Waals surface area contributed by atoms with Gasteiger partial charge in [-0.3, -0.25) is 4.90 Å². The number of fused-ring (bicyclic) bond motifs is 2. The largest absolute Gasteiger partial charge is 0.368 e. The van der Waals surface area contributed by atoms with Crippen molar-refractivity contribution in [3.05, 3.63) is 42.0 Å². The second kappa shape index (κ2) is 7.01. The molecule has 2 aliphatic rings. The van der Waals surface area contributed by atoms with E-state index < -0.39 is 0 Å². The Kier molecular flexibility index (Phi) is 4.35. The molecule has 2 fully saturated rings. The number of benzene rings is 1. The second-order valence-electron chi connectivity index (χ2n) is 7.80. The molecule has 8 heteroatoms. The number of piperidine rings is 1. The molecule has 146 valence electrons. The third-order valence-electron chi connectivity index (χ3n) is 5.95. The molecular weight excluding hydrogens is 359 g/mol. The molecule has 0 bridgehead atoms. The molecule has 0 amide bonds. The number of hydrogen-bond acceptors (Lipinski definition) is 7. The van der Waals surface area contributed by atoms with E-state index in [2.05, 4.69) is 24.9 Å². The highest BCUT2D eigenvalue weighted by atomic mass is 19.1. The van der Waals surface area contributed by atoms with Crippen LogP contribution in [0, 0.1) is 11.7 Å². The maximum absolute atomic E-state index is 13.7. The van der Waals surface area contributed by atoms with Crippen LogP contribution in [-0.4, -0.2) is 52.2 Å². The first-order chi connectivity index (χ1) is 13.7. The Morgan fingerprint density at radius 3 is 3.00 bits per heavy atom. The number of anilines is 2. The van der Waals surface area contributed by atoms with E-state index in [1.54, 1.807) is 12.3 Å². The first-order valence-electron chi connectivity index (χ1n) is 9.77. The van der Waals surface area contributed by atoms with Crippen molar-refractivity contribution in [3.8, 4) is 0 Å². The molecule has 2 saturated heterocycles. The lowest BCUT2D eigenvalue weighted by atomic mass is 9.88. The van der Waals surface area contributed by atoms with E-state index in [0.717, 1.165) is 62.3 Å². The number of nitrogen functional groups attached to an aromatic ring is 1. The SMILES string of the molecule is Nc1nccc(C[C@H]2CC[C@H]3CN(c4noc5ccc(F)cc45)CCN3C2)n1. The molecule has 2 aromatic heterocycles. The monoisotopic (exact) mass is 382 g/mol. The first-order valence-corrected chi connectivity index (χ1v) is 9.77. The second-order valence-corrected chi connectivity index (χ2v) is 7.80. The van der Waals surface area contributed by atoms with Crippen molar-refractivity contribution in [2.24, 2.45) is 5.92 Å². The number of piperazine rings is 1. The Morgan fingerprint density at radius 2 is 2.11 bits per heavy atom. The van der Waals surface area contributed by atoms with Crippen LogP contribution in [0.4, 0.5) is 16.2 Å². The van der Waals surface area contributed by atoms with Gasteiger partial charge < -0.3 is 15.2 Å². The van der Waals surface area contributed by atoms with Gasteiger partial charge in [0.1, 0.15) is 5.82 Å². The van der Waals surface area contributed by atoms with Gasteiger partial charge in [-0.25, -0.2) is 14.4 Å². The summed E-state index contributed by atoms with van der Waals surface area (Å²) in [6.07, 6.45) is 4.96. The molecule has 28 heavy (non-hydrogen) atoms. The average Bonchev–Trinajstić information content (AvgIpc) is 3.10. The number of halogens is 1. The predicted molar refractivity (Wildman–Crippen MR) is 104 cm³/mol. The van der Waals surface area contributed by atoms with E-state index in [4.69, 9.17) is 10.3 Å². The quantitative estimate of drug-likeness (QED) is 0.745. The van der Waals surface area contributed by atoms with Crippen LogP contribution >= 0.6 is 0 Å². The zero-order valence-corrected chi connectivity index (χ0v) is 15.6. The number of rotatable bonds is 3. The first kappa shape index (κ1) is 17.4. The number of nitrogens with zero attached hydrogens (tertiary/aromatic N) is 5. The minimum Gasteiger partial charge on any atom is -0.368 e. The molecule has 0 radical (unpaired) electrons. The van der Waals surface area contributed by atoms with E-state index in [-0.39, 0.29) is 5.82 Å². The molecule has 0 saturated carbocycles. The summed E-state index contributed by atoms with van der Waals surface area (Å²) >= 11 is 0. The van der Waals surface area contributed by atoms with Gasteiger partial charge in [0.25, 0.3) is 0 Å². The van der Waals surface area contributed by atoms with Crippen molar-refractivity contribution in [1.29, 1.82) is 0 Å². The summed E-state index contributed by atoms with van der Waals surface area (Å²) in [6, 6.07) is 7.00. The van der Waals surface area contributed by atoms with Crippen molar-refractivity contribution >= 4 is 22.7 Å². The van der Waals surface area contributed by atoms with E-state index in [0.29, 0.717) is 23.5 Å². The normalized spacial score (nSPS) is 23.1. The summed E-state index contributed by atoms with van der Waals surface area (Å²) < 4.78 is 19.1. The molecule has 0 aliphatic carbocycles. The van der Waals surface area contributed by atoms with Gasteiger partial charge in [0, 0.05) is 44.1 Å². The lowest BCUT2D eigenvalue weighted by molar-refractivity contribution is 0.0949. The number of hydrogen-bond donors (Lipinski definition) is 1. The van der Waals surface area contributed by atoms with Crippen LogP contribution in [-0.2, 0) is 6.42 Å². The zero-order chi connectivity index (χ0) is 19.1. The highest BCUT2D eigenvalue weighted by Crippen LogP contribution is 2.32. The van der Waals surface area contributed by atoms with Gasteiger partial charge in [-0.2, -0.15) is 0 Å². The van der Waals surface area contributed by atoms with Crippen LogP contribution in [0.15, 0.2) is 35.0 Å². The van der Waals surface area contributed by atoms with Crippen molar-refractivity contribution < 1.29 is 8.91 Å². The molecule has 2 aliphatic heterocycles. The van der Waals surface area contributed by atoms with Crippen molar-refractivity contribution in [3.63, 3.8) is 0 Å². The summed E-state index contributed by atoms with van der Waals surface area (Å²) in [5.41, 5.74) is 7.36. The zero-order valence-electron chi connectivity index (χ0n) is 15.6. The van der Waals surface area contributed by atoms with Crippen LogP contribution in [0.25, 0.3) is 11.0 Å². The van der Waals surface area contributed by atoms with E-state index in [9.17, 15) is 4.39 Å². The van der Waals surface area contributed by atoms with Crippen LogP contribution in [0.1, 0.15) is 18.5 Å². The summed E-state index contributed by atoms with van der Waals surface area (Å²) in [4.78, 5) is 13.1. The third-order valence-corrected chi connectivity index (χ3v) is 5.95. The van der Waals surface area contributed by atoms with Gasteiger partial charge in [0.15, 0.2) is 11.4 Å². The Bertz CT molecular complexity index is 992. The van der Waals surface area contributed by atoms with E-state index in [1.165, 1.54) is 12.1 Å². The number of nitrogens with two attached hydrogens (primary N) is 1. The maximum atomic E-state index is 13.7. The lowest BCUT2D eigenvalue weighted by Gasteiger charge is -2.46. The highest BCUT2D eigenvalue weighted by molar-refractivity contribution is 5.88. The predicted octanol–water partition coefficient (Wildman–Crippen LogP) is 2.48. The van der Waals surface area contributed by atoms with E-state index >= 15 is 0 Å². The Balaban J connectivity index is 1.26. The molecule has 2 N–H and O–H groups in total. The van der Waals surface area contributed by atoms with Crippen LogP contribution in [0.3, 0.4) is 0 Å². The standard InChI is InChI=1S/C20H23FN6O/c21-14-2-4-18-17(10-14)19(25-28-18)27-8-7-26-11-13(1-3-16(26)12-27)9-15-5-6-23-20(22)24-15/h2,4-6,10,13,16H,1,3,7-9,11-12H2,(H2,22,23,24)/t13-,16+/m1/s1. The van der Waals surface area contributed by atoms with Gasteiger partial charge in [0.2, 0.25) is 5.95 Å². The fourth-order valence-corrected chi connectivity index (χ4v) is 4.57. The van der Waals surface area contributed by atoms with Crippen LogP contribution < -0.4 is 10.6 Å². The summed E-state index contributed by atoms with van der Waals surface area (Å²) in [5, 5.41) is 4.97. The van der Waals surface area contributed by atoms with Crippen LogP contribution in [0.5, 0.6) is 0 Å². The molecule has 1 aromatic carbocycles. The van der Waals surface area contributed by atoms with Gasteiger partial charge in [-0.05, 0) is 49.4 Å². The molecule has 2 atom stereocenters. The minimum atomic E-state index is -0.263. The van der Waals surface area contributed by atoms with Crippen molar-refractivity contribution in [2.45, 2.75) is 25.3 Å². The topological polar surface area (TPSA) is 84.3 Å². The van der Waals surface area contributed by atoms with Gasteiger partial charge in [0.05, 0.1) is 5.39 Å². The minimum absolute atomic E-state index is 0.263. The smallest absolute Gasteiger partial charge is 0.220 e. The van der Waals surface area contributed by atoms with Gasteiger partial charge >= 0.3 is 0 Å². The highest BCUT2D eigenvalue weighted by Gasteiger charge is 2.34. The van der Waals surface area contributed by atoms with Crippen molar-refractivity contribution in [1.82, 2.24) is 20.0 Å². The molecule has 3 aromatic rings. The fraction of sp³-hybridized carbons (Fsp3) is 0.450. The van der Waals surface area contributed by atoms with E-state index in [1.807, 2.05) is 6.07 Å². The van der Waals surface area contributed by atoms with Crippen molar-refractivity contribution in [2.75, 3.05) is 36.8 Å². The Hall–Kier alpha value is -2.74. The molecule has 5 rings (SSSR count). The van der Waals surface area contributed by atoms with Gasteiger partial charge in [-0.1, -0.05) is 5.16 Å². The Morgan fingerprint density at radius 1 is 1.18 bits per heavy atom. The summed E-state index contributed by atoms with van der Waals surface area (Å²) in [7, 11) is 0. The summed E-state index contributed by atoms with van der Waals surface area (Å²) in [5.74, 6) is 1.42. The lowest BCUT2D eigenvalue weighted by Crippen LogP contribution is -2.56. The average molecular weight is 382 g/mol. The molecule has 0 spiro atoms. The number of aromatic nitrogens is 3. The molecule has 4 heterocycles. The molecule has 7 nitrogen and oxygen atoms in total. The summed E-state index contributed by atoms with van der Waals surface area (Å²) in [6.45, 7) is 3.79. The fourth-order valence-electron chi connectivity index (χ4n) is 4.57. The maximum Gasteiger partial charge on any atom is 0.220 e. The van der Waals surface area contributed by atoms with Crippen LogP contribution in [0.2, 0.25) is 0 Å². The third kappa shape index (κ3) is 3.28. The molecular formula is C20H23FN6O. The van der Waals surface area contributed by atoms with Gasteiger partial charge in [-0.15, -0.1) is 0 Å². The molecule has 0 unspecified atom stereocenters. The Labute approximate surface area is 162 Å².